The van der Waals surface area contributed by atoms with E-state index in [2.05, 4.69) is 250 Å². The molecule has 0 amide bonds. The van der Waals surface area contributed by atoms with Crippen molar-refractivity contribution >= 4 is 128 Å². The average Bonchev–Trinajstić information content (AvgIpc) is 4.06. The molecule has 0 atom stereocenters. The van der Waals surface area contributed by atoms with Gasteiger partial charge in [-0.1, -0.05) is 157 Å². The summed E-state index contributed by atoms with van der Waals surface area (Å²) in [6, 6.07) is 71.9. The van der Waals surface area contributed by atoms with Crippen LogP contribution in [0, 0.1) is 0 Å². The molecule has 10 aromatic carbocycles. The fourth-order valence-corrected chi connectivity index (χ4v) is 12.4. The van der Waals surface area contributed by atoms with Gasteiger partial charge in [-0.3, -0.25) is 0 Å². The molecule has 3 aromatic heterocycles. The molecule has 5 nitrogen and oxygen atoms in total. The number of para-hydroxylation sites is 4. The number of hydrogen-bond donors (Lipinski definition) is 0. The number of aromatic nitrogens is 1. The predicted molar refractivity (Wildman–Crippen MR) is 304 cm³/mol. The molecule has 2 aliphatic heterocycles. The van der Waals surface area contributed by atoms with Gasteiger partial charge in [0, 0.05) is 83.4 Å². The van der Waals surface area contributed by atoms with E-state index in [0.29, 0.717) is 0 Å². The Bertz CT molecular complexity index is 4370. The number of fused-ring (bicyclic) bond motifs is 15. The molecule has 0 unspecified atom stereocenters. The topological polar surface area (TPSA) is 37.7 Å². The molecule has 0 aliphatic carbocycles. The summed E-state index contributed by atoms with van der Waals surface area (Å²) < 4.78 is 16.6. The number of furan rings is 2. The fraction of sp³-hybridized carbons (Fsp3) is 0.121. The maximum atomic E-state index is 6.97. The zero-order chi connectivity index (χ0) is 48.4. The van der Waals surface area contributed by atoms with Crippen LogP contribution in [0.4, 0.5) is 34.1 Å². The molecule has 72 heavy (non-hydrogen) atoms. The summed E-state index contributed by atoms with van der Waals surface area (Å²) >= 11 is 0. The van der Waals surface area contributed by atoms with E-state index >= 15 is 0 Å². The van der Waals surface area contributed by atoms with Gasteiger partial charge < -0.3 is 23.1 Å². The molecule has 0 saturated heterocycles. The third kappa shape index (κ3) is 5.78. The SMILES string of the molecule is CC(C)(C)c1ccc(N(c2ccc(C(C)(C)C)cc2)c2ccc3c(c2)B2c4c(cc5oc6ccccc6c5c4-c4cccc5c6cc7ccccc7cc6n2c45)N3c2cccc3c2oc2ccccc23)cc1. The molecule has 5 heterocycles. The number of rotatable bonds is 4. The number of nitrogens with zero attached hydrogens (tertiary/aromatic N) is 3. The summed E-state index contributed by atoms with van der Waals surface area (Å²) in [5.41, 5.74) is 19.8. The Kier molecular flexibility index (Phi) is 8.35. The normalized spacial score (nSPS) is 13.4. The van der Waals surface area contributed by atoms with E-state index in [4.69, 9.17) is 8.83 Å². The smallest absolute Gasteiger partial charge is 0.333 e. The Morgan fingerprint density at radius 1 is 0.444 bits per heavy atom. The molecule has 0 saturated carbocycles. The van der Waals surface area contributed by atoms with Crippen LogP contribution < -0.4 is 20.7 Å². The molecule has 13 aromatic rings. The van der Waals surface area contributed by atoms with Crippen LogP contribution in [0.15, 0.2) is 203 Å². The third-order valence-corrected chi connectivity index (χ3v) is 15.8. The molecule has 0 N–H and O–H groups in total. The molecule has 0 fully saturated rings. The highest BCUT2D eigenvalue weighted by molar-refractivity contribution is 6.90. The zero-order valence-electron chi connectivity index (χ0n) is 41.2. The molecule has 0 spiro atoms. The van der Waals surface area contributed by atoms with E-state index in [-0.39, 0.29) is 17.7 Å². The van der Waals surface area contributed by atoms with Gasteiger partial charge >= 0.3 is 6.85 Å². The first kappa shape index (κ1) is 41.3. The van der Waals surface area contributed by atoms with Crippen molar-refractivity contribution in [2.45, 2.75) is 52.4 Å². The second-order valence-corrected chi connectivity index (χ2v) is 22.1. The average molecular weight is 928 g/mol. The molecule has 0 bridgehead atoms. The molecule has 2 aliphatic rings. The highest BCUT2D eigenvalue weighted by atomic mass is 16.3. The van der Waals surface area contributed by atoms with E-state index in [1.54, 1.807) is 0 Å². The Morgan fingerprint density at radius 2 is 1.04 bits per heavy atom. The van der Waals surface area contributed by atoms with Crippen molar-refractivity contribution in [3.63, 3.8) is 0 Å². The van der Waals surface area contributed by atoms with Crippen molar-refractivity contribution in [3.05, 3.63) is 205 Å². The van der Waals surface area contributed by atoms with Gasteiger partial charge in [0.15, 0.2) is 5.58 Å². The second-order valence-electron chi connectivity index (χ2n) is 22.1. The van der Waals surface area contributed by atoms with E-state index in [1.807, 2.05) is 0 Å². The summed E-state index contributed by atoms with van der Waals surface area (Å²) in [5, 5.41) is 9.40. The Balaban J connectivity index is 1.09. The summed E-state index contributed by atoms with van der Waals surface area (Å²) in [6.07, 6.45) is 0. The maximum absolute atomic E-state index is 6.97. The largest absolute Gasteiger partial charge is 0.456 e. The van der Waals surface area contributed by atoms with Gasteiger partial charge in [-0.05, 0) is 122 Å². The molecule has 15 rings (SSSR count). The first-order chi connectivity index (χ1) is 35.0. The van der Waals surface area contributed by atoms with Gasteiger partial charge in [0.25, 0.3) is 0 Å². The van der Waals surface area contributed by atoms with Crippen LogP contribution in [0.1, 0.15) is 52.7 Å². The predicted octanol–water partition coefficient (Wildman–Crippen LogP) is 17.2. The van der Waals surface area contributed by atoms with Gasteiger partial charge in [-0.2, -0.15) is 0 Å². The monoisotopic (exact) mass is 927 g/mol. The number of hydrogen-bond acceptors (Lipinski definition) is 4. The Labute approximate surface area is 418 Å². The highest BCUT2D eigenvalue weighted by Crippen LogP contribution is 2.52. The van der Waals surface area contributed by atoms with E-state index in [9.17, 15) is 0 Å². The summed E-state index contributed by atoms with van der Waals surface area (Å²) in [6.45, 7) is 13.5. The van der Waals surface area contributed by atoms with Crippen LogP contribution in [-0.4, -0.2) is 11.3 Å². The van der Waals surface area contributed by atoms with Crippen molar-refractivity contribution < 1.29 is 8.83 Å². The summed E-state index contributed by atoms with van der Waals surface area (Å²) in [7, 11) is 0. The van der Waals surface area contributed by atoms with Crippen LogP contribution in [0.2, 0.25) is 0 Å². The van der Waals surface area contributed by atoms with Gasteiger partial charge in [0.05, 0.1) is 5.69 Å². The number of anilines is 6. The molecule has 0 radical (unpaired) electrons. The molecule has 344 valence electrons. The van der Waals surface area contributed by atoms with Crippen molar-refractivity contribution in [2.24, 2.45) is 0 Å². The zero-order valence-corrected chi connectivity index (χ0v) is 41.2. The van der Waals surface area contributed by atoms with Gasteiger partial charge in [0.1, 0.15) is 16.7 Å². The summed E-state index contributed by atoms with van der Waals surface area (Å²) in [5.74, 6) is 0. The molecular formula is C66H50BN3O2. The van der Waals surface area contributed by atoms with Crippen molar-refractivity contribution in [3.8, 4) is 11.1 Å². The van der Waals surface area contributed by atoms with Crippen molar-refractivity contribution in [2.75, 3.05) is 9.80 Å². The quantitative estimate of drug-likeness (QED) is 0.165. The van der Waals surface area contributed by atoms with Crippen LogP contribution in [0.5, 0.6) is 0 Å². The lowest BCUT2D eigenvalue weighted by Gasteiger charge is -2.41. The van der Waals surface area contributed by atoms with Gasteiger partial charge in [-0.25, -0.2) is 0 Å². The van der Waals surface area contributed by atoms with E-state index in [0.717, 1.165) is 78.0 Å². The van der Waals surface area contributed by atoms with Gasteiger partial charge in [-0.15, -0.1) is 0 Å². The minimum atomic E-state index is -0.224. The Morgan fingerprint density at radius 3 is 1.75 bits per heavy atom. The van der Waals surface area contributed by atoms with Crippen LogP contribution in [0.3, 0.4) is 0 Å². The maximum Gasteiger partial charge on any atom is 0.333 e. The van der Waals surface area contributed by atoms with Gasteiger partial charge in [0.2, 0.25) is 0 Å². The lowest BCUT2D eigenvalue weighted by Crippen LogP contribution is -2.56. The van der Waals surface area contributed by atoms with Crippen LogP contribution in [-0.2, 0) is 10.8 Å². The molecular weight excluding hydrogens is 878 g/mol. The van der Waals surface area contributed by atoms with E-state index in [1.165, 1.54) is 65.8 Å². The standard InChI is InChI=1S/C66H50BN3O2/c1-65(2,3)41-25-29-43(30-26-41)68(44-31-27-42(28-32-44)66(4,5)6)45-33-34-53-52(37-45)67-62-56(69(53)54-22-14-20-48-46-17-9-11-23-57(46)72-64(48)54)38-59-60(49-18-10-12-24-58(49)71-59)61(62)50-21-13-19-47-51-35-39-15-7-8-16-40(39)36-55(51)70(67)63(47)50/h7-38H,1-6H3. The first-order valence-corrected chi connectivity index (χ1v) is 25.3. The highest BCUT2D eigenvalue weighted by Gasteiger charge is 2.45. The lowest BCUT2D eigenvalue weighted by molar-refractivity contribution is 0.590. The first-order valence-electron chi connectivity index (χ1n) is 25.3. The molecule has 6 heteroatoms. The Hall–Kier alpha value is -8.48. The third-order valence-electron chi connectivity index (χ3n) is 15.8. The van der Waals surface area contributed by atoms with Crippen molar-refractivity contribution in [1.82, 2.24) is 4.48 Å². The minimum Gasteiger partial charge on any atom is -0.456 e. The minimum absolute atomic E-state index is 0.0139. The second kappa shape index (κ2) is 14.6. The number of benzene rings is 10. The lowest BCUT2D eigenvalue weighted by atomic mass is 9.44. The summed E-state index contributed by atoms with van der Waals surface area (Å²) in [4.78, 5) is 4.92. The van der Waals surface area contributed by atoms with E-state index < -0.39 is 0 Å². The van der Waals surface area contributed by atoms with Crippen molar-refractivity contribution in [1.29, 1.82) is 0 Å². The fourth-order valence-electron chi connectivity index (χ4n) is 12.4. The van der Waals surface area contributed by atoms with Crippen LogP contribution in [0.25, 0.3) is 87.6 Å². The van der Waals surface area contributed by atoms with Crippen LogP contribution >= 0.6 is 0 Å².